The third-order valence-electron chi connectivity index (χ3n) is 2.44. The molecule has 0 amide bonds. The van der Waals surface area contributed by atoms with Gasteiger partial charge >= 0.3 is 0 Å². The van der Waals surface area contributed by atoms with Crippen molar-refractivity contribution in [3.05, 3.63) is 47.0 Å². The second kappa shape index (κ2) is 6.56. The fraction of sp³-hybridized carbons (Fsp3) is 0.308. The van der Waals surface area contributed by atoms with Gasteiger partial charge in [-0.05, 0) is 35.0 Å². The minimum absolute atomic E-state index is 0.0960. The van der Waals surface area contributed by atoms with Gasteiger partial charge in [0.05, 0.1) is 11.0 Å². The van der Waals surface area contributed by atoms with Crippen LogP contribution in [0.15, 0.2) is 41.1 Å². The van der Waals surface area contributed by atoms with E-state index in [0.717, 1.165) is 29.1 Å². The molecule has 5 heteroatoms. The van der Waals surface area contributed by atoms with Crippen LogP contribution >= 0.6 is 15.9 Å². The van der Waals surface area contributed by atoms with Crippen LogP contribution in [-0.4, -0.2) is 22.6 Å². The van der Waals surface area contributed by atoms with Gasteiger partial charge in [-0.3, -0.25) is 0 Å². The smallest absolute Gasteiger partial charge is 0.133 e. The van der Waals surface area contributed by atoms with Crippen LogP contribution in [0, 0.1) is 0 Å². The monoisotopic (exact) mass is 309 g/mol. The zero-order valence-electron chi connectivity index (χ0n) is 10.2. The maximum atomic E-state index is 5.82. The molecule has 0 saturated carbocycles. The lowest BCUT2D eigenvalue weighted by atomic mass is 10.3. The molecule has 0 radical (unpaired) electrons. The summed E-state index contributed by atoms with van der Waals surface area (Å²) in [6.07, 6.45) is 3.66. The summed E-state index contributed by atoms with van der Waals surface area (Å²) >= 11 is 3.46. The van der Waals surface area contributed by atoms with Gasteiger partial charge in [0.1, 0.15) is 17.7 Å². The fourth-order valence-electron chi connectivity index (χ4n) is 1.59. The lowest BCUT2D eigenvalue weighted by Gasteiger charge is -2.16. The van der Waals surface area contributed by atoms with Gasteiger partial charge < -0.3 is 15.0 Å². The molecule has 0 bridgehead atoms. The summed E-state index contributed by atoms with van der Waals surface area (Å²) in [5.74, 6) is 1.80. The summed E-state index contributed by atoms with van der Waals surface area (Å²) in [6.45, 7) is 3.52. The van der Waals surface area contributed by atoms with Crippen molar-refractivity contribution in [1.82, 2.24) is 15.3 Å². The first-order valence-electron chi connectivity index (χ1n) is 5.86. The molecule has 0 fully saturated rings. The minimum atomic E-state index is 0.0960. The second-order valence-corrected chi connectivity index (χ2v) is 4.88. The molecule has 1 aromatic carbocycles. The van der Waals surface area contributed by atoms with Crippen molar-refractivity contribution in [2.45, 2.75) is 19.6 Å². The highest BCUT2D eigenvalue weighted by atomic mass is 79.9. The Morgan fingerprint density at radius 1 is 1.44 bits per heavy atom. The summed E-state index contributed by atoms with van der Waals surface area (Å²) in [5, 5.41) is 3.29. The van der Waals surface area contributed by atoms with Crippen LogP contribution in [0.5, 0.6) is 5.75 Å². The Morgan fingerprint density at radius 2 is 2.28 bits per heavy atom. The lowest BCUT2D eigenvalue weighted by Crippen LogP contribution is -2.29. The van der Waals surface area contributed by atoms with Crippen molar-refractivity contribution in [2.75, 3.05) is 6.54 Å². The van der Waals surface area contributed by atoms with Gasteiger partial charge in [0, 0.05) is 18.9 Å². The van der Waals surface area contributed by atoms with E-state index in [-0.39, 0.29) is 6.10 Å². The number of nitrogens with zero attached hydrogens (tertiary/aromatic N) is 1. The summed E-state index contributed by atoms with van der Waals surface area (Å²) in [7, 11) is 0. The number of aromatic amines is 1. The van der Waals surface area contributed by atoms with Crippen LogP contribution in [-0.2, 0) is 6.54 Å². The van der Waals surface area contributed by atoms with Gasteiger partial charge in [0.15, 0.2) is 0 Å². The number of aromatic nitrogens is 2. The Kier molecular flexibility index (Phi) is 4.78. The SMILES string of the molecule is C[C@H](CNCc1ncc[nH]1)Oc1ccccc1Br. The van der Waals surface area contributed by atoms with Gasteiger partial charge in [-0.1, -0.05) is 12.1 Å². The number of benzene rings is 1. The Labute approximate surface area is 115 Å². The van der Waals surface area contributed by atoms with Crippen LogP contribution in [0.25, 0.3) is 0 Å². The Balaban J connectivity index is 1.75. The van der Waals surface area contributed by atoms with Gasteiger partial charge in [-0.15, -0.1) is 0 Å². The molecule has 18 heavy (non-hydrogen) atoms. The number of hydrogen-bond acceptors (Lipinski definition) is 3. The maximum absolute atomic E-state index is 5.82. The summed E-state index contributed by atoms with van der Waals surface area (Å²) in [4.78, 5) is 7.19. The van der Waals surface area contributed by atoms with Crippen LogP contribution in [0.3, 0.4) is 0 Å². The molecule has 0 aliphatic carbocycles. The van der Waals surface area contributed by atoms with Crippen molar-refractivity contribution < 1.29 is 4.74 Å². The number of para-hydroxylation sites is 1. The zero-order chi connectivity index (χ0) is 12.8. The summed E-state index contributed by atoms with van der Waals surface area (Å²) < 4.78 is 6.80. The standard InChI is InChI=1S/C13H16BrN3O/c1-10(8-15-9-13-16-6-7-17-13)18-12-5-3-2-4-11(12)14/h2-7,10,15H,8-9H2,1H3,(H,16,17)/t10-/m1/s1. The van der Waals surface area contributed by atoms with E-state index in [2.05, 4.69) is 31.2 Å². The van der Waals surface area contributed by atoms with Crippen molar-refractivity contribution in [1.29, 1.82) is 0 Å². The molecule has 96 valence electrons. The van der Waals surface area contributed by atoms with E-state index in [0.29, 0.717) is 0 Å². The van der Waals surface area contributed by atoms with Gasteiger partial charge in [-0.25, -0.2) is 4.98 Å². The van der Waals surface area contributed by atoms with Crippen molar-refractivity contribution in [3.8, 4) is 5.75 Å². The van der Waals surface area contributed by atoms with E-state index >= 15 is 0 Å². The maximum Gasteiger partial charge on any atom is 0.133 e. The number of ether oxygens (including phenoxy) is 1. The van der Waals surface area contributed by atoms with Crippen molar-refractivity contribution in [2.24, 2.45) is 0 Å². The van der Waals surface area contributed by atoms with E-state index in [1.54, 1.807) is 6.20 Å². The predicted molar refractivity (Wildman–Crippen MR) is 74.5 cm³/mol. The van der Waals surface area contributed by atoms with Crippen LogP contribution in [0.2, 0.25) is 0 Å². The van der Waals surface area contributed by atoms with Crippen molar-refractivity contribution >= 4 is 15.9 Å². The number of rotatable bonds is 6. The number of nitrogens with one attached hydrogen (secondary N) is 2. The summed E-state index contributed by atoms with van der Waals surface area (Å²) in [6, 6.07) is 7.85. The number of imidazole rings is 1. The first-order valence-corrected chi connectivity index (χ1v) is 6.65. The third kappa shape index (κ3) is 3.85. The van der Waals surface area contributed by atoms with E-state index < -0.39 is 0 Å². The molecule has 2 N–H and O–H groups in total. The third-order valence-corrected chi connectivity index (χ3v) is 3.10. The second-order valence-electron chi connectivity index (χ2n) is 4.03. The predicted octanol–water partition coefficient (Wildman–Crippen LogP) is 2.73. The highest BCUT2D eigenvalue weighted by Crippen LogP contribution is 2.24. The van der Waals surface area contributed by atoms with Crippen LogP contribution in [0.4, 0.5) is 0 Å². The molecule has 1 aromatic heterocycles. The van der Waals surface area contributed by atoms with E-state index in [1.807, 2.05) is 37.4 Å². The molecule has 2 rings (SSSR count). The van der Waals surface area contributed by atoms with Crippen LogP contribution < -0.4 is 10.1 Å². The molecule has 0 aliphatic heterocycles. The molecule has 1 atom stereocenters. The topological polar surface area (TPSA) is 49.9 Å². The molecule has 0 aliphatic rings. The Morgan fingerprint density at radius 3 is 3.00 bits per heavy atom. The largest absolute Gasteiger partial charge is 0.488 e. The highest BCUT2D eigenvalue weighted by Gasteiger charge is 2.06. The molecule has 1 heterocycles. The first kappa shape index (κ1) is 13.1. The van der Waals surface area contributed by atoms with Crippen LogP contribution in [0.1, 0.15) is 12.7 Å². The summed E-state index contributed by atoms with van der Waals surface area (Å²) in [5.41, 5.74) is 0. The molecule has 0 unspecified atom stereocenters. The molecular weight excluding hydrogens is 294 g/mol. The highest BCUT2D eigenvalue weighted by molar-refractivity contribution is 9.10. The van der Waals surface area contributed by atoms with Gasteiger partial charge in [-0.2, -0.15) is 0 Å². The van der Waals surface area contributed by atoms with E-state index in [9.17, 15) is 0 Å². The average Bonchev–Trinajstić information content (AvgIpc) is 2.85. The van der Waals surface area contributed by atoms with Gasteiger partial charge in [0.25, 0.3) is 0 Å². The molecule has 0 spiro atoms. The Bertz CT molecular complexity index is 473. The molecule has 0 saturated heterocycles. The normalized spacial score (nSPS) is 12.3. The average molecular weight is 310 g/mol. The number of hydrogen-bond donors (Lipinski definition) is 2. The fourth-order valence-corrected chi connectivity index (χ4v) is 1.97. The number of H-pyrrole nitrogens is 1. The molecule has 4 nitrogen and oxygen atoms in total. The van der Waals surface area contributed by atoms with E-state index in [1.165, 1.54) is 0 Å². The quantitative estimate of drug-likeness (QED) is 0.862. The number of halogens is 1. The minimum Gasteiger partial charge on any atom is -0.488 e. The van der Waals surface area contributed by atoms with Crippen molar-refractivity contribution in [3.63, 3.8) is 0 Å². The van der Waals surface area contributed by atoms with E-state index in [4.69, 9.17) is 4.74 Å². The van der Waals surface area contributed by atoms with Gasteiger partial charge in [0.2, 0.25) is 0 Å². The Hall–Kier alpha value is -1.33. The zero-order valence-corrected chi connectivity index (χ0v) is 11.8. The molecular formula is C13H16BrN3O. The first-order chi connectivity index (χ1) is 8.75. The lowest BCUT2D eigenvalue weighted by molar-refractivity contribution is 0.215. The molecule has 2 aromatic rings.